The van der Waals surface area contributed by atoms with Gasteiger partial charge in [-0.3, -0.25) is 4.79 Å². The quantitative estimate of drug-likeness (QED) is 0.618. The number of nitrogens with one attached hydrogen (secondary N) is 1. The summed E-state index contributed by atoms with van der Waals surface area (Å²) in [5.41, 5.74) is -0.180. The minimum Gasteiger partial charge on any atom is -0.388 e. The van der Waals surface area contributed by atoms with Crippen molar-refractivity contribution in [3.8, 4) is 0 Å². The zero-order valence-electron chi connectivity index (χ0n) is 19.0. The minimum absolute atomic E-state index is 0.0745. The predicted molar refractivity (Wildman–Crippen MR) is 119 cm³/mol. The lowest BCUT2D eigenvalue weighted by Crippen LogP contribution is -2.61. The number of hydrogen-bond donors (Lipinski definition) is 2. The first-order valence-electron chi connectivity index (χ1n) is 11.2. The Bertz CT molecular complexity index is 1160. The van der Waals surface area contributed by atoms with Gasteiger partial charge >= 0.3 is 6.18 Å². The van der Waals surface area contributed by atoms with E-state index in [9.17, 15) is 23.1 Å². The maximum atomic E-state index is 13.4. The number of ether oxygens (including phenoxy) is 1. The second-order valence-corrected chi connectivity index (χ2v) is 8.72. The second kappa shape index (κ2) is 9.34. The van der Waals surface area contributed by atoms with Crippen LogP contribution in [0.25, 0.3) is 5.65 Å². The highest BCUT2D eigenvalue weighted by Gasteiger charge is 2.45. The van der Waals surface area contributed by atoms with Crippen LogP contribution < -0.4 is 5.32 Å². The van der Waals surface area contributed by atoms with Crippen LogP contribution in [0.4, 0.5) is 13.2 Å². The van der Waals surface area contributed by atoms with E-state index >= 15 is 0 Å². The number of nitrogens with zero attached hydrogens (tertiary/aromatic N) is 3. The SMILES string of the molecule is C\C=C/C(=C\C=C(/C)C(F)(F)F)C1(NC(=O)c2cnn3cc(C4CC4)cnc23)CCOCC1O. The van der Waals surface area contributed by atoms with E-state index in [0.29, 0.717) is 17.1 Å². The highest BCUT2D eigenvalue weighted by Crippen LogP contribution is 2.39. The summed E-state index contributed by atoms with van der Waals surface area (Å²) >= 11 is 0. The molecule has 1 saturated heterocycles. The molecule has 1 saturated carbocycles. The number of aliphatic hydroxyl groups is 1. The molecular weight excluding hydrogens is 449 g/mol. The normalized spacial score (nSPS) is 24.7. The Hall–Kier alpha value is -2.98. The van der Waals surface area contributed by atoms with Crippen molar-refractivity contribution >= 4 is 11.6 Å². The molecule has 2 N–H and O–H groups in total. The average molecular weight is 476 g/mol. The van der Waals surface area contributed by atoms with Gasteiger partial charge in [0.1, 0.15) is 11.7 Å². The highest BCUT2D eigenvalue weighted by molar-refractivity contribution is 6.00. The Morgan fingerprint density at radius 3 is 2.74 bits per heavy atom. The summed E-state index contributed by atoms with van der Waals surface area (Å²) in [5.74, 6) is -0.0599. The van der Waals surface area contributed by atoms with E-state index in [2.05, 4.69) is 15.4 Å². The largest absolute Gasteiger partial charge is 0.412 e. The molecule has 2 atom stereocenters. The number of amides is 1. The van der Waals surface area contributed by atoms with Gasteiger partial charge in [0.25, 0.3) is 5.91 Å². The highest BCUT2D eigenvalue weighted by atomic mass is 19.4. The van der Waals surface area contributed by atoms with Crippen molar-refractivity contribution < 1.29 is 27.8 Å². The fourth-order valence-corrected chi connectivity index (χ4v) is 4.08. The van der Waals surface area contributed by atoms with E-state index in [-0.39, 0.29) is 25.2 Å². The third-order valence-electron chi connectivity index (χ3n) is 6.31. The minimum atomic E-state index is -4.48. The van der Waals surface area contributed by atoms with Gasteiger partial charge in [0.15, 0.2) is 5.65 Å². The van der Waals surface area contributed by atoms with Gasteiger partial charge in [0, 0.05) is 31.0 Å². The van der Waals surface area contributed by atoms with Crippen molar-refractivity contribution in [2.45, 2.75) is 56.8 Å². The van der Waals surface area contributed by atoms with E-state index in [1.54, 1.807) is 29.8 Å². The number of aliphatic hydroxyl groups excluding tert-OH is 1. The first-order valence-corrected chi connectivity index (χ1v) is 11.2. The first kappa shape index (κ1) is 24.2. The summed E-state index contributed by atoms with van der Waals surface area (Å²) in [7, 11) is 0. The van der Waals surface area contributed by atoms with Crippen molar-refractivity contribution in [3.05, 3.63) is 65.2 Å². The molecule has 2 fully saturated rings. The van der Waals surface area contributed by atoms with Crippen molar-refractivity contribution in [2.24, 2.45) is 0 Å². The lowest BCUT2D eigenvalue weighted by Gasteiger charge is -2.43. The number of carbonyl (C=O) groups is 1. The Kier molecular flexibility index (Phi) is 6.64. The Balaban J connectivity index is 1.71. The van der Waals surface area contributed by atoms with Crippen LogP contribution in [0.15, 0.2) is 54.0 Å². The van der Waals surface area contributed by atoms with Gasteiger partial charge in [-0.05, 0) is 43.7 Å². The van der Waals surface area contributed by atoms with Crippen LogP contribution in [0.5, 0.6) is 0 Å². The monoisotopic (exact) mass is 476 g/mol. The van der Waals surface area contributed by atoms with Crippen molar-refractivity contribution in [1.82, 2.24) is 19.9 Å². The van der Waals surface area contributed by atoms with Crippen LogP contribution in [-0.2, 0) is 4.74 Å². The molecule has 2 aliphatic rings. The van der Waals surface area contributed by atoms with Gasteiger partial charge in [0.05, 0.1) is 18.3 Å². The number of allylic oxidation sites excluding steroid dienone is 4. The van der Waals surface area contributed by atoms with Crippen LogP contribution in [0.3, 0.4) is 0 Å². The number of halogens is 3. The zero-order chi connectivity index (χ0) is 24.5. The van der Waals surface area contributed by atoms with Gasteiger partial charge < -0.3 is 15.2 Å². The molecule has 3 heterocycles. The molecule has 10 heteroatoms. The van der Waals surface area contributed by atoms with Gasteiger partial charge in [-0.25, -0.2) is 9.50 Å². The summed E-state index contributed by atoms with van der Waals surface area (Å²) in [6.45, 7) is 2.82. The Morgan fingerprint density at radius 1 is 1.32 bits per heavy atom. The van der Waals surface area contributed by atoms with Gasteiger partial charge in [-0.15, -0.1) is 0 Å². The van der Waals surface area contributed by atoms with E-state index < -0.39 is 29.3 Å². The molecular formula is C24H27F3N4O3. The van der Waals surface area contributed by atoms with Crippen LogP contribution in [0.1, 0.15) is 54.9 Å². The standard InChI is InChI=1S/C24H27F3N4O3/c1-3-4-18(8-5-15(2)24(25,26)27)23(9-10-34-14-20(23)32)30-22(33)19-12-29-31-13-17(16-6-7-16)11-28-21(19)31/h3-5,8,11-13,16,20,32H,6-7,9-10,14H2,1-2H3,(H,30,33)/b4-3-,15-5+,18-8+. The fraction of sp³-hybridized carbons (Fsp3) is 0.458. The van der Waals surface area contributed by atoms with Gasteiger partial charge in [-0.1, -0.05) is 24.3 Å². The summed E-state index contributed by atoms with van der Waals surface area (Å²) in [4.78, 5) is 17.8. The van der Waals surface area contributed by atoms with Crippen LogP contribution in [0, 0.1) is 0 Å². The third kappa shape index (κ3) is 4.78. The maximum Gasteiger partial charge on any atom is 0.412 e. The molecule has 182 valence electrons. The van der Waals surface area contributed by atoms with E-state index in [0.717, 1.165) is 31.4 Å². The van der Waals surface area contributed by atoms with Crippen LogP contribution >= 0.6 is 0 Å². The summed E-state index contributed by atoms with van der Waals surface area (Å²) in [6, 6.07) is 0. The summed E-state index contributed by atoms with van der Waals surface area (Å²) in [5, 5.41) is 18.0. The molecule has 0 aromatic carbocycles. The number of carbonyl (C=O) groups excluding carboxylic acids is 1. The molecule has 1 amide bonds. The number of rotatable bonds is 6. The van der Waals surface area contributed by atoms with E-state index in [4.69, 9.17) is 4.74 Å². The number of alkyl halides is 3. The molecule has 2 unspecified atom stereocenters. The molecule has 0 bridgehead atoms. The number of aromatic nitrogens is 3. The van der Waals surface area contributed by atoms with E-state index in [1.807, 2.05) is 6.20 Å². The summed E-state index contributed by atoms with van der Waals surface area (Å²) in [6.07, 6.45) is 7.18. The number of hydrogen-bond acceptors (Lipinski definition) is 5. The Morgan fingerprint density at radius 2 is 2.09 bits per heavy atom. The van der Waals surface area contributed by atoms with E-state index in [1.165, 1.54) is 12.3 Å². The topological polar surface area (TPSA) is 88.8 Å². The predicted octanol–water partition coefficient (Wildman–Crippen LogP) is 3.87. The average Bonchev–Trinajstić information content (AvgIpc) is 3.56. The smallest absolute Gasteiger partial charge is 0.388 e. The molecule has 2 aromatic heterocycles. The maximum absolute atomic E-state index is 13.4. The summed E-state index contributed by atoms with van der Waals surface area (Å²) < 4.78 is 46.1. The van der Waals surface area contributed by atoms with Crippen molar-refractivity contribution in [3.63, 3.8) is 0 Å². The molecule has 0 spiro atoms. The molecule has 2 aromatic rings. The molecule has 1 aliphatic heterocycles. The zero-order valence-corrected chi connectivity index (χ0v) is 19.0. The number of fused-ring (bicyclic) bond motifs is 1. The van der Waals surface area contributed by atoms with Crippen LogP contribution in [0.2, 0.25) is 0 Å². The van der Waals surface area contributed by atoms with Crippen LogP contribution in [-0.4, -0.2) is 56.6 Å². The second-order valence-electron chi connectivity index (χ2n) is 8.72. The van der Waals surface area contributed by atoms with Crippen molar-refractivity contribution in [1.29, 1.82) is 0 Å². The molecule has 4 rings (SSSR count). The lowest BCUT2D eigenvalue weighted by atomic mass is 9.79. The fourth-order valence-electron chi connectivity index (χ4n) is 4.08. The lowest BCUT2D eigenvalue weighted by molar-refractivity contribution is -0.0913. The molecule has 1 aliphatic carbocycles. The third-order valence-corrected chi connectivity index (χ3v) is 6.31. The van der Waals surface area contributed by atoms with Gasteiger partial charge in [-0.2, -0.15) is 18.3 Å². The van der Waals surface area contributed by atoms with Crippen molar-refractivity contribution in [2.75, 3.05) is 13.2 Å². The van der Waals surface area contributed by atoms with Gasteiger partial charge in [0.2, 0.25) is 0 Å². The molecule has 7 nitrogen and oxygen atoms in total. The Labute approximate surface area is 195 Å². The molecule has 0 radical (unpaired) electrons. The molecule has 34 heavy (non-hydrogen) atoms. The first-order chi connectivity index (χ1) is 16.2.